The van der Waals surface area contributed by atoms with Gasteiger partial charge in [-0.2, -0.15) is 0 Å². The Balaban J connectivity index is 1.43. The summed E-state index contributed by atoms with van der Waals surface area (Å²) in [7, 11) is 0. The minimum absolute atomic E-state index is 0.0459. The number of rotatable bonds is 4. The van der Waals surface area contributed by atoms with Gasteiger partial charge in [-0.05, 0) is 29.8 Å². The van der Waals surface area contributed by atoms with Crippen molar-refractivity contribution in [3.63, 3.8) is 0 Å². The van der Waals surface area contributed by atoms with Gasteiger partial charge in [-0.3, -0.25) is 0 Å². The molecule has 7 heteroatoms. The van der Waals surface area contributed by atoms with E-state index in [4.69, 9.17) is 29.7 Å². The number of pyridine rings is 1. The number of hydrogen-bond acceptors (Lipinski definition) is 7. The lowest BCUT2D eigenvalue weighted by Gasteiger charge is -2.37. The number of fused-ring (bicyclic) bond motifs is 4. The molecule has 3 aliphatic rings. The molecule has 0 saturated carbocycles. The summed E-state index contributed by atoms with van der Waals surface area (Å²) in [5.41, 5.74) is 8.92. The highest BCUT2D eigenvalue weighted by Crippen LogP contribution is 2.51. The summed E-state index contributed by atoms with van der Waals surface area (Å²) >= 11 is 0. The van der Waals surface area contributed by atoms with Gasteiger partial charge in [-0.1, -0.05) is 37.3 Å². The number of aromatic nitrogens is 1. The zero-order chi connectivity index (χ0) is 21.8. The Morgan fingerprint density at radius 3 is 2.56 bits per heavy atom. The third kappa shape index (κ3) is 3.00. The van der Waals surface area contributed by atoms with Gasteiger partial charge in [0.25, 0.3) is 6.02 Å². The molecule has 1 fully saturated rings. The number of benzene rings is 2. The number of ether oxygens (including phenoxy) is 4. The SMILES string of the molecule is CC1(COc2ccc3c(c2)[C@@]2(COC(N)=N2)c2cc(-c4ccccc4)cnc2O3)COC1. The zero-order valence-electron chi connectivity index (χ0n) is 17.7. The highest BCUT2D eigenvalue weighted by molar-refractivity contribution is 5.77. The quantitative estimate of drug-likeness (QED) is 0.678. The molecule has 0 unspecified atom stereocenters. The third-order valence-electron chi connectivity index (χ3n) is 6.23. The van der Waals surface area contributed by atoms with E-state index in [2.05, 4.69) is 18.0 Å². The van der Waals surface area contributed by atoms with E-state index in [0.717, 1.165) is 28.0 Å². The number of hydrogen-bond donors (Lipinski definition) is 1. The maximum atomic E-state index is 6.17. The average Bonchev–Trinajstić information content (AvgIpc) is 3.19. The third-order valence-corrected chi connectivity index (χ3v) is 6.23. The van der Waals surface area contributed by atoms with E-state index >= 15 is 0 Å². The van der Waals surface area contributed by atoms with Gasteiger partial charge in [-0.25, -0.2) is 9.98 Å². The lowest BCUT2D eigenvalue weighted by Crippen LogP contribution is -2.44. The van der Waals surface area contributed by atoms with Gasteiger partial charge in [-0.15, -0.1) is 0 Å². The Labute approximate surface area is 185 Å². The molecular formula is C25H23N3O4. The fraction of sp³-hybridized carbons (Fsp3) is 0.280. The predicted molar refractivity (Wildman–Crippen MR) is 119 cm³/mol. The Morgan fingerprint density at radius 1 is 1.00 bits per heavy atom. The molecule has 6 rings (SSSR count). The first kappa shape index (κ1) is 19.1. The van der Waals surface area contributed by atoms with Crippen molar-refractivity contribution in [2.75, 3.05) is 26.4 Å². The van der Waals surface area contributed by atoms with Crippen molar-refractivity contribution in [1.82, 2.24) is 4.98 Å². The molecule has 1 spiro atoms. The van der Waals surface area contributed by atoms with Crippen molar-refractivity contribution in [2.45, 2.75) is 12.5 Å². The first-order valence-electron chi connectivity index (χ1n) is 10.6. The van der Waals surface area contributed by atoms with Crippen LogP contribution in [0.25, 0.3) is 11.1 Å². The van der Waals surface area contributed by atoms with Crippen LogP contribution in [0.5, 0.6) is 17.4 Å². The van der Waals surface area contributed by atoms with E-state index in [1.54, 1.807) is 0 Å². The van der Waals surface area contributed by atoms with Gasteiger partial charge >= 0.3 is 0 Å². The van der Waals surface area contributed by atoms with Crippen LogP contribution in [-0.2, 0) is 15.0 Å². The van der Waals surface area contributed by atoms with Gasteiger partial charge in [0.2, 0.25) is 5.88 Å². The smallest absolute Gasteiger partial charge is 0.283 e. The van der Waals surface area contributed by atoms with Crippen molar-refractivity contribution < 1.29 is 18.9 Å². The van der Waals surface area contributed by atoms with Crippen LogP contribution in [0.3, 0.4) is 0 Å². The Morgan fingerprint density at radius 2 is 1.84 bits per heavy atom. The maximum absolute atomic E-state index is 6.17. The molecule has 2 N–H and O–H groups in total. The molecule has 0 radical (unpaired) electrons. The van der Waals surface area contributed by atoms with E-state index in [9.17, 15) is 0 Å². The molecule has 0 bridgehead atoms. The van der Waals surface area contributed by atoms with Gasteiger partial charge in [0.1, 0.15) is 18.1 Å². The monoisotopic (exact) mass is 429 g/mol. The molecular weight excluding hydrogens is 406 g/mol. The van der Waals surface area contributed by atoms with Gasteiger partial charge in [0.05, 0.1) is 25.4 Å². The maximum Gasteiger partial charge on any atom is 0.283 e. The first-order chi connectivity index (χ1) is 15.5. The summed E-state index contributed by atoms with van der Waals surface area (Å²) in [4.78, 5) is 9.37. The lowest BCUT2D eigenvalue weighted by molar-refractivity contribution is -0.120. The summed E-state index contributed by atoms with van der Waals surface area (Å²) in [6, 6.07) is 18.1. The minimum atomic E-state index is -0.840. The minimum Gasteiger partial charge on any atom is -0.493 e. The molecule has 162 valence electrons. The van der Waals surface area contributed by atoms with Crippen LogP contribution in [0, 0.1) is 5.41 Å². The van der Waals surface area contributed by atoms with Crippen molar-refractivity contribution >= 4 is 6.02 Å². The summed E-state index contributed by atoms with van der Waals surface area (Å²) < 4.78 is 23.3. The summed E-state index contributed by atoms with van der Waals surface area (Å²) in [5.74, 6) is 1.92. The number of amidine groups is 1. The average molecular weight is 429 g/mol. The van der Waals surface area contributed by atoms with E-state index in [0.29, 0.717) is 31.5 Å². The second-order valence-electron chi connectivity index (χ2n) is 8.89. The standard InChI is InChI=1S/C25H23N3O4/c1-24(12-29-13-24)14-30-18-7-8-21-19(10-18)25(15-31-23(26)28-25)20-9-17(11-27-22(20)32-21)16-5-3-2-4-6-16/h2-11H,12-15H2,1H3,(H2,26,28)/t25-/m0/s1. The second-order valence-corrected chi connectivity index (χ2v) is 8.89. The van der Waals surface area contributed by atoms with Crippen LogP contribution in [0.4, 0.5) is 0 Å². The van der Waals surface area contributed by atoms with E-state index in [-0.39, 0.29) is 18.0 Å². The molecule has 1 aromatic heterocycles. The highest BCUT2D eigenvalue weighted by atomic mass is 16.5. The number of nitrogens with zero attached hydrogens (tertiary/aromatic N) is 2. The molecule has 0 amide bonds. The van der Waals surface area contributed by atoms with Crippen LogP contribution in [0.2, 0.25) is 0 Å². The first-order valence-corrected chi connectivity index (χ1v) is 10.6. The summed E-state index contributed by atoms with van der Waals surface area (Å²) in [5, 5.41) is 0. The molecule has 1 saturated heterocycles. The molecule has 3 aromatic rings. The molecule has 1 atom stereocenters. The van der Waals surface area contributed by atoms with Crippen LogP contribution < -0.4 is 15.2 Å². The fourth-order valence-electron chi connectivity index (χ4n) is 4.38. The fourth-order valence-corrected chi connectivity index (χ4v) is 4.38. The number of nitrogens with two attached hydrogens (primary N) is 1. The molecule has 7 nitrogen and oxygen atoms in total. The largest absolute Gasteiger partial charge is 0.493 e. The second kappa shape index (κ2) is 6.97. The van der Waals surface area contributed by atoms with E-state index in [1.807, 2.05) is 54.7 Å². The summed E-state index contributed by atoms with van der Waals surface area (Å²) in [6.45, 7) is 4.43. The predicted octanol–water partition coefficient (Wildman–Crippen LogP) is 3.86. The van der Waals surface area contributed by atoms with Crippen LogP contribution >= 0.6 is 0 Å². The number of aliphatic imine (C=N–C) groups is 1. The Bertz CT molecular complexity index is 1220. The van der Waals surface area contributed by atoms with Gasteiger partial charge in [0.15, 0.2) is 5.54 Å². The molecule has 2 aromatic carbocycles. The van der Waals surface area contributed by atoms with Crippen LogP contribution in [0.1, 0.15) is 18.1 Å². The molecule has 3 aliphatic heterocycles. The lowest BCUT2D eigenvalue weighted by atomic mass is 9.81. The van der Waals surface area contributed by atoms with Crippen LogP contribution in [-0.4, -0.2) is 37.4 Å². The van der Waals surface area contributed by atoms with Crippen LogP contribution in [0.15, 0.2) is 65.8 Å². The molecule has 4 heterocycles. The van der Waals surface area contributed by atoms with E-state index < -0.39 is 5.54 Å². The van der Waals surface area contributed by atoms with Crippen molar-refractivity contribution in [1.29, 1.82) is 0 Å². The van der Waals surface area contributed by atoms with Gasteiger partial charge in [0, 0.05) is 22.7 Å². The van der Waals surface area contributed by atoms with Crippen molar-refractivity contribution in [2.24, 2.45) is 16.1 Å². The van der Waals surface area contributed by atoms with Crippen molar-refractivity contribution in [3.8, 4) is 28.5 Å². The normalized spacial score (nSPS) is 22.1. The Kier molecular flexibility index (Phi) is 4.16. The van der Waals surface area contributed by atoms with E-state index in [1.165, 1.54) is 0 Å². The Hall–Kier alpha value is -3.58. The highest BCUT2D eigenvalue weighted by Gasteiger charge is 2.48. The molecule has 0 aliphatic carbocycles. The van der Waals surface area contributed by atoms with Crippen molar-refractivity contribution in [3.05, 3.63) is 71.9 Å². The summed E-state index contributed by atoms with van der Waals surface area (Å²) in [6.07, 6.45) is 1.81. The van der Waals surface area contributed by atoms with Gasteiger partial charge < -0.3 is 24.7 Å². The zero-order valence-corrected chi connectivity index (χ0v) is 17.7. The molecule has 32 heavy (non-hydrogen) atoms. The topological polar surface area (TPSA) is 88.2 Å².